The Balaban J connectivity index is 0. The van der Waals surface area contributed by atoms with Crippen molar-refractivity contribution in [2.45, 2.75) is 52.4 Å². The van der Waals surface area contributed by atoms with Gasteiger partial charge in [0.2, 0.25) is 5.91 Å². The predicted molar refractivity (Wildman–Crippen MR) is 111 cm³/mol. The van der Waals surface area contributed by atoms with Crippen LogP contribution in [0.1, 0.15) is 52.4 Å². The average molecular weight is 425 g/mol. The molecule has 0 unspecified atom stereocenters. The first-order valence-corrected chi connectivity index (χ1v) is 9.84. The Bertz CT molecular complexity index is 399. The lowest BCUT2D eigenvalue weighted by molar-refractivity contribution is -0.132. The molecule has 28 heavy (non-hydrogen) atoms. The maximum atomic E-state index is 12.2. The van der Waals surface area contributed by atoms with Gasteiger partial charge in [0, 0.05) is 19.5 Å². The monoisotopic (exact) mass is 424 g/mol. The molecule has 0 aromatic rings. The third kappa shape index (κ3) is 16.4. The first kappa shape index (κ1) is 28.5. The predicted octanol–water partition coefficient (Wildman–Crippen LogP) is 2.03. The van der Waals surface area contributed by atoms with E-state index in [-0.39, 0.29) is 44.6 Å². The lowest BCUT2D eigenvalue weighted by atomic mass is 10.2. The zero-order valence-corrected chi connectivity index (χ0v) is 18.0. The number of ether oxygens (including phenoxy) is 2. The number of halogens is 1. The van der Waals surface area contributed by atoms with Crippen LogP contribution in [0.2, 0.25) is 0 Å². The van der Waals surface area contributed by atoms with Crippen LogP contribution in [0.25, 0.3) is 0 Å². The largest absolute Gasteiger partial charge is 0.448 e. The Hall–Kier alpha value is -1.74. The van der Waals surface area contributed by atoms with Crippen LogP contribution in [-0.2, 0) is 14.3 Å². The number of hydrogen-bond donors (Lipinski definition) is 3. The van der Waals surface area contributed by atoms with Crippen molar-refractivity contribution in [1.82, 2.24) is 15.5 Å². The third-order valence-corrected chi connectivity index (χ3v) is 3.74. The van der Waals surface area contributed by atoms with Crippen LogP contribution in [0.3, 0.4) is 0 Å². The highest BCUT2D eigenvalue weighted by atomic mass is 35.5. The van der Waals surface area contributed by atoms with Crippen LogP contribution in [0.4, 0.5) is 9.59 Å². The van der Waals surface area contributed by atoms with Crippen molar-refractivity contribution < 1.29 is 23.9 Å². The van der Waals surface area contributed by atoms with Crippen molar-refractivity contribution in [3.8, 4) is 0 Å². The van der Waals surface area contributed by atoms with E-state index in [9.17, 15) is 14.4 Å². The molecule has 0 radical (unpaired) electrons. The summed E-state index contributed by atoms with van der Waals surface area (Å²) in [6.07, 6.45) is 3.63. The van der Waals surface area contributed by atoms with Gasteiger partial charge in [-0.15, -0.1) is 12.4 Å². The molecule has 0 fully saturated rings. The fourth-order valence-electron chi connectivity index (χ4n) is 2.11. The maximum absolute atomic E-state index is 12.2. The van der Waals surface area contributed by atoms with Gasteiger partial charge in [-0.3, -0.25) is 4.79 Å². The van der Waals surface area contributed by atoms with Gasteiger partial charge in [-0.05, 0) is 25.8 Å². The summed E-state index contributed by atoms with van der Waals surface area (Å²) in [5.41, 5.74) is 5.45. The summed E-state index contributed by atoms with van der Waals surface area (Å²) in [4.78, 5) is 36.8. The van der Waals surface area contributed by atoms with Crippen LogP contribution < -0.4 is 16.4 Å². The molecule has 3 amide bonds. The van der Waals surface area contributed by atoms with Gasteiger partial charge in [-0.2, -0.15) is 0 Å². The molecule has 9 nitrogen and oxygen atoms in total. The standard InChI is InChI=1S/C18H36N4O5.ClH/c1-3-5-10-20-17(24)26-14-12-22(16(23)8-7-9-19)13-15-27-18(25)21-11-6-4-2;/h3-15,19H2,1-2H3,(H,20,24)(H,21,25);1H. The number of hydrogen-bond acceptors (Lipinski definition) is 6. The molecule has 4 N–H and O–H groups in total. The summed E-state index contributed by atoms with van der Waals surface area (Å²) in [5, 5.41) is 5.29. The Kier molecular flexibility index (Phi) is 20.3. The van der Waals surface area contributed by atoms with E-state index < -0.39 is 12.2 Å². The van der Waals surface area contributed by atoms with E-state index in [0.29, 0.717) is 32.5 Å². The second kappa shape index (κ2) is 20.0. The zero-order valence-electron chi connectivity index (χ0n) is 17.2. The molecule has 0 bridgehead atoms. The van der Waals surface area contributed by atoms with Gasteiger partial charge in [0.1, 0.15) is 13.2 Å². The van der Waals surface area contributed by atoms with Gasteiger partial charge < -0.3 is 30.7 Å². The lowest BCUT2D eigenvalue weighted by Crippen LogP contribution is -2.39. The number of rotatable bonds is 15. The van der Waals surface area contributed by atoms with E-state index in [1.165, 1.54) is 4.90 Å². The van der Waals surface area contributed by atoms with E-state index in [0.717, 1.165) is 25.7 Å². The molecule has 0 saturated heterocycles. The minimum absolute atomic E-state index is 0. The number of nitrogens with one attached hydrogen (secondary N) is 2. The molecular weight excluding hydrogens is 388 g/mol. The molecule has 0 aliphatic carbocycles. The van der Waals surface area contributed by atoms with Crippen molar-refractivity contribution in [3.05, 3.63) is 0 Å². The topological polar surface area (TPSA) is 123 Å². The van der Waals surface area contributed by atoms with E-state index >= 15 is 0 Å². The lowest BCUT2D eigenvalue weighted by Gasteiger charge is -2.22. The minimum Gasteiger partial charge on any atom is -0.448 e. The molecule has 10 heteroatoms. The van der Waals surface area contributed by atoms with E-state index in [1.807, 2.05) is 13.8 Å². The number of alkyl carbamates (subject to hydrolysis) is 2. The molecule has 0 heterocycles. The SMILES string of the molecule is CCCCNC(=O)OCCN(CCOC(=O)NCCCC)C(=O)CCCN.Cl. The van der Waals surface area contributed by atoms with Crippen LogP contribution in [0.5, 0.6) is 0 Å². The molecule has 0 saturated carbocycles. The highest BCUT2D eigenvalue weighted by Crippen LogP contribution is 1.99. The molecule has 166 valence electrons. The van der Waals surface area contributed by atoms with E-state index in [1.54, 1.807) is 0 Å². The van der Waals surface area contributed by atoms with Crippen LogP contribution in [-0.4, -0.2) is 68.9 Å². The zero-order chi connectivity index (χ0) is 20.3. The quantitative estimate of drug-likeness (QED) is 0.345. The van der Waals surface area contributed by atoms with Crippen LogP contribution in [0, 0.1) is 0 Å². The first-order valence-electron chi connectivity index (χ1n) is 9.84. The third-order valence-electron chi connectivity index (χ3n) is 3.74. The van der Waals surface area contributed by atoms with Crippen molar-refractivity contribution in [3.63, 3.8) is 0 Å². The highest BCUT2D eigenvalue weighted by molar-refractivity contribution is 5.85. The normalized spacial score (nSPS) is 9.82. The summed E-state index contributed by atoms with van der Waals surface area (Å²) in [7, 11) is 0. The minimum atomic E-state index is -0.496. The molecule has 0 aliphatic heterocycles. The van der Waals surface area contributed by atoms with Gasteiger partial charge in [0.15, 0.2) is 0 Å². The fourth-order valence-corrected chi connectivity index (χ4v) is 2.11. The molecule has 0 aromatic carbocycles. The average Bonchev–Trinajstić information content (AvgIpc) is 2.65. The highest BCUT2D eigenvalue weighted by Gasteiger charge is 2.14. The fraction of sp³-hybridized carbons (Fsp3) is 0.833. The maximum Gasteiger partial charge on any atom is 0.407 e. The molecule has 0 aromatic heterocycles. The van der Waals surface area contributed by atoms with Crippen molar-refractivity contribution in [2.75, 3.05) is 45.9 Å². The Morgan fingerprint density at radius 1 is 0.857 bits per heavy atom. The van der Waals surface area contributed by atoms with Crippen molar-refractivity contribution in [1.29, 1.82) is 0 Å². The van der Waals surface area contributed by atoms with Gasteiger partial charge in [-0.1, -0.05) is 26.7 Å². The number of nitrogens with zero attached hydrogens (tertiary/aromatic N) is 1. The van der Waals surface area contributed by atoms with Crippen LogP contribution in [0.15, 0.2) is 0 Å². The number of carbonyl (C=O) groups excluding carboxylic acids is 3. The second-order valence-corrected chi connectivity index (χ2v) is 6.11. The van der Waals surface area contributed by atoms with Gasteiger partial charge in [0.05, 0.1) is 13.1 Å². The van der Waals surface area contributed by atoms with E-state index in [4.69, 9.17) is 15.2 Å². The van der Waals surface area contributed by atoms with Gasteiger partial charge >= 0.3 is 12.2 Å². The Labute approximate surface area is 174 Å². The number of unbranched alkanes of at least 4 members (excludes halogenated alkanes) is 2. The Morgan fingerprint density at radius 3 is 1.71 bits per heavy atom. The second-order valence-electron chi connectivity index (χ2n) is 6.11. The number of nitrogens with two attached hydrogens (primary N) is 1. The summed E-state index contributed by atoms with van der Waals surface area (Å²) < 4.78 is 10.2. The number of carbonyl (C=O) groups is 3. The van der Waals surface area contributed by atoms with Gasteiger partial charge in [0.25, 0.3) is 0 Å². The van der Waals surface area contributed by atoms with E-state index in [2.05, 4.69) is 10.6 Å². The first-order chi connectivity index (χ1) is 13.0. The summed E-state index contributed by atoms with van der Waals surface area (Å²) >= 11 is 0. The van der Waals surface area contributed by atoms with Crippen LogP contribution >= 0.6 is 12.4 Å². The molecule has 0 atom stereocenters. The molecule has 0 rings (SSSR count). The van der Waals surface area contributed by atoms with Crippen molar-refractivity contribution >= 4 is 30.5 Å². The number of amides is 3. The van der Waals surface area contributed by atoms with Gasteiger partial charge in [-0.25, -0.2) is 9.59 Å². The molecule has 0 spiro atoms. The summed E-state index contributed by atoms with van der Waals surface area (Å²) in [6, 6.07) is 0. The van der Waals surface area contributed by atoms with Crippen molar-refractivity contribution in [2.24, 2.45) is 5.73 Å². The summed E-state index contributed by atoms with van der Waals surface area (Å²) in [6.45, 7) is 6.26. The summed E-state index contributed by atoms with van der Waals surface area (Å²) in [5.74, 6) is -0.106. The Morgan fingerprint density at radius 2 is 1.32 bits per heavy atom. The molecular formula is C18H37ClN4O5. The molecule has 0 aliphatic rings. The smallest absolute Gasteiger partial charge is 0.407 e.